The van der Waals surface area contributed by atoms with E-state index in [9.17, 15) is 4.79 Å². The lowest BCUT2D eigenvalue weighted by atomic mass is 10.0. The second kappa shape index (κ2) is 5.95. The summed E-state index contributed by atoms with van der Waals surface area (Å²) in [6, 6.07) is 6.14. The average molecular weight is 401 g/mol. The first-order valence-electron chi connectivity index (χ1n) is 6.66. The minimum Gasteiger partial charge on any atom is -0.339 e. The number of fused-ring (bicyclic) bond motifs is 1. The maximum Gasteiger partial charge on any atom is 0.253 e. The Morgan fingerprint density at radius 2 is 2.20 bits per heavy atom. The van der Waals surface area contributed by atoms with Crippen molar-refractivity contribution in [2.45, 2.75) is 18.9 Å². The summed E-state index contributed by atoms with van der Waals surface area (Å²) in [5.74, 6) is 0.104. The zero-order valence-electron chi connectivity index (χ0n) is 11.3. The van der Waals surface area contributed by atoms with Crippen LogP contribution >= 0.6 is 34.2 Å². The summed E-state index contributed by atoms with van der Waals surface area (Å²) in [7, 11) is 1.92. The van der Waals surface area contributed by atoms with Gasteiger partial charge in [-0.2, -0.15) is 0 Å². The molecule has 2 heterocycles. The monoisotopic (exact) mass is 401 g/mol. The van der Waals surface area contributed by atoms with E-state index in [0.29, 0.717) is 6.04 Å². The molecule has 0 unspecified atom stereocenters. The van der Waals surface area contributed by atoms with E-state index >= 15 is 0 Å². The molecule has 6 heteroatoms. The molecule has 2 aromatic rings. The van der Waals surface area contributed by atoms with Crippen LogP contribution in [0.4, 0.5) is 0 Å². The molecule has 0 aliphatic carbocycles. The number of benzene rings is 1. The van der Waals surface area contributed by atoms with Gasteiger partial charge in [-0.1, -0.05) is 0 Å². The van der Waals surface area contributed by atoms with Crippen molar-refractivity contribution in [1.29, 1.82) is 0 Å². The summed E-state index contributed by atoms with van der Waals surface area (Å²) in [4.78, 5) is 18.8. The largest absolute Gasteiger partial charge is 0.339 e. The molecule has 4 nitrogen and oxygen atoms in total. The Balaban J connectivity index is 1.77. The van der Waals surface area contributed by atoms with E-state index in [1.807, 2.05) is 35.7 Å². The number of amides is 1. The first-order valence-corrected chi connectivity index (χ1v) is 8.51. The van der Waals surface area contributed by atoms with Gasteiger partial charge in [-0.05, 0) is 31.0 Å². The van der Waals surface area contributed by atoms with Crippen molar-refractivity contribution in [1.82, 2.24) is 13.0 Å². The number of carbonyl (C=O) groups excluding carboxylic acids is 1. The Labute approximate surface area is 136 Å². The summed E-state index contributed by atoms with van der Waals surface area (Å²) in [6.07, 6.45) is 2.09. The van der Waals surface area contributed by atoms with Gasteiger partial charge in [-0.15, -0.1) is 11.3 Å². The van der Waals surface area contributed by atoms with Gasteiger partial charge in [-0.3, -0.25) is 4.79 Å². The molecule has 20 heavy (non-hydrogen) atoms. The third kappa shape index (κ3) is 2.82. The molecule has 1 fully saturated rings. The molecule has 1 aliphatic heterocycles. The number of hydrogen-bond acceptors (Lipinski definition) is 4. The number of rotatable bonds is 2. The van der Waals surface area contributed by atoms with Crippen LogP contribution in [0.25, 0.3) is 10.2 Å². The Bertz CT molecular complexity index is 622. The van der Waals surface area contributed by atoms with E-state index in [4.69, 9.17) is 0 Å². The first kappa shape index (κ1) is 14.2. The normalized spacial score (nSPS) is 17.5. The van der Waals surface area contributed by atoms with Crippen LogP contribution in [0.2, 0.25) is 0 Å². The maximum atomic E-state index is 12.6. The maximum absolute atomic E-state index is 12.6. The van der Waals surface area contributed by atoms with E-state index in [1.54, 1.807) is 11.3 Å². The van der Waals surface area contributed by atoms with Crippen LogP contribution in [0.15, 0.2) is 23.7 Å². The molecule has 0 saturated carbocycles. The SMILES string of the molecule is CN(C(=O)c1ccc2scnc2c1)C1CCN(I)CC1. The van der Waals surface area contributed by atoms with Crippen LogP contribution in [0.1, 0.15) is 23.2 Å². The number of piperidine rings is 1. The molecule has 0 radical (unpaired) electrons. The molecule has 0 bridgehead atoms. The Morgan fingerprint density at radius 3 is 2.95 bits per heavy atom. The van der Waals surface area contributed by atoms with E-state index in [2.05, 4.69) is 31.0 Å². The van der Waals surface area contributed by atoms with Gasteiger partial charge in [0.2, 0.25) is 0 Å². The van der Waals surface area contributed by atoms with Crippen molar-refractivity contribution in [3.8, 4) is 0 Å². The second-order valence-corrected chi connectivity index (χ2v) is 7.34. The van der Waals surface area contributed by atoms with Gasteiger partial charge in [0.05, 0.1) is 15.7 Å². The minimum absolute atomic E-state index is 0.104. The lowest BCUT2D eigenvalue weighted by Gasteiger charge is -2.34. The van der Waals surface area contributed by atoms with Crippen molar-refractivity contribution >= 4 is 50.3 Å². The van der Waals surface area contributed by atoms with Crippen LogP contribution in [0.5, 0.6) is 0 Å². The molecule has 3 rings (SSSR count). The van der Waals surface area contributed by atoms with Crippen LogP contribution in [0.3, 0.4) is 0 Å². The van der Waals surface area contributed by atoms with Crippen LogP contribution in [-0.4, -0.2) is 45.1 Å². The summed E-state index contributed by atoms with van der Waals surface area (Å²) in [6.45, 7) is 2.10. The van der Waals surface area contributed by atoms with Crippen LogP contribution in [0, 0.1) is 0 Å². The Morgan fingerprint density at radius 1 is 1.45 bits per heavy atom. The highest BCUT2D eigenvalue weighted by Crippen LogP contribution is 2.22. The van der Waals surface area contributed by atoms with Crippen molar-refractivity contribution in [2.75, 3.05) is 20.1 Å². The predicted octanol–water partition coefficient (Wildman–Crippen LogP) is 3.18. The zero-order chi connectivity index (χ0) is 14.1. The third-order valence-corrected chi connectivity index (χ3v) is 5.63. The zero-order valence-corrected chi connectivity index (χ0v) is 14.2. The topological polar surface area (TPSA) is 36.4 Å². The molecule has 106 valence electrons. The quantitative estimate of drug-likeness (QED) is 0.573. The van der Waals surface area contributed by atoms with Gasteiger partial charge < -0.3 is 4.90 Å². The number of carbonyl (C=O) groups is 1. The van der Waals surface area contributed by atoms with Gasteiger partial charge in [-0.25, -0.2) is 8.10 Å². The Kier molecular flexibility index (Phi) is 4.23. The molecule has 1 amide bonds. The molecule has 0 atom stereocenters. The van der Waals surface area contributed by atoms with E-state index in [-0.39, 0.29) is 5.91 Å². The van der Waals surface area contributed by atoms with E-state index in [0.717, 1.165) is 41.7 Å². The van der Waals surface area contributed by atoms with Crippen molar-refractivity contribution in [3.05, 3.63) is 29.3 Å². The van der Waals surface area contributed by atoms with Gasteiger partial charge in [0.25, 0.3) is 5.91 Å². The van der Waals surface area contributed by atoms with E-state index < -0.39 is 0 Å². The number of thiazole rings is 1. The van der Waals surface area contributed by atoms with Crippen molar-refractivity contribution in [3.63, 3.8) is 0 Å². The standard InChI is InChI=1S/C14H16IN3OS/c1-17(11-4-6-18(15)7-5-11)14(19)10-2-3-13-12(8-10)16-9-20-13/h2-3,8-9,11H,4-7H2,1H3. The number of aromatic nitrogens is 1. The highest BCUT2D eigenvalue weighted by atomic mass is 127. The predicted molar refractivity (Wildman–Crippen MR) is 90.3 cm³/mol. The van der Waals surface area contributed by atoms with Gasteiger partial charge in [0.1, 0.15) is 0 Å². The molecule has 1 aromatic heterocycles. The lowest BCUT2D eigenvalue weighted by molar-refractivity contribution is 0.0689. The minimum atomic E-state index is 0.104. The summed E-state index contributed by atoms with van der Waals surface area (Å²) < 4.78 is 3.41. The van der Waals surface area contributed by atoms with Gasteiger partial charge in [0.15, 0.2) is 0 Å². The van der Waals surface area contributed by atoms with Crippen molar-refractivity contribution in [2.24, 2.45) is 0 Å². The molecular weight excluding hydrogens is 385 g/mol. The van der Waals surface area contributed by atoms with Crippen LogP contribution < -0.4 is 0 Å². The smallest absolute Gasteiger partial charge is 0.253 e. The second-order valence-electron chi connectivity index (χ2n) is 5.09. The third-order valence-electron chi connectivity index (χ3n) is 3.86. The summed E-state index contributed by atoms with van der Waals surface area (Å²) in [5.41, 5.74) is 3.47. The molecule has 0 spiro atoms. The number of hydrogen-bond donors (Lipinski definition) is 0. The molecule has 1 saturated heterocycles. The van der Waals surface area contributed by atoms with E-state index in [1.165, 1.54) is 0 Å². The average Bonchev–Trinajstić information content (AvgIpc) is 2.94. The van der Waals surface area contributed by atoms with Gasteiger partial charge in [0, 0.05) is 54.6 Å². The summed E-state index contributed by atoms with van der Waals surface area (Å²) in [5, 5.41) is 0. The Hall–Kier alpha value is -0.730. The van der Waals surface area contributed by atoms with Crippen LogP contribution in [-0.2, 0) is 0 Å². The van der Waals surface area contributed by atoms with Crippen molar-refractivity contribution < 1.29 is 4.79 Å². The fourth-order valence-electron chi connectivity index (χ4n) is 2.58. The lowest BCUT2D eigenvalue weighted by Crippen LogP contribution is -2.43. The fraction of sp³-hybridized carbons (Fsp3) is 0.429. The summed E-state index contributed by atoms with van der Waals surface area (Å²) >= 11 is 3.95. The molecule has 1 aromatic carbocycles. The number of nitrogens with zero attached hydrogens (tertiary/aromatic N) is 3. The molecule has 1 aliphatic rings. The first-order chi connectivity index (χ1) is 9.65. The molecule has 0 N–H and O–H groups in total. The highest BCUT2D eigenvalue weighted by Gasteiger charge is 2.25. The van der Waals surface area contributed by atoms with Gasteiger partial charge >= 0.3 is 0 Å². The molecular formula is C14H16IN3OS. The highest BCUT2D eigenvalue weighted by molar-refractivity contribution is 14.1. The fourth-order valence-corrected chi connectivity index (χ4v) is 3.80. The number of halogens is 1.